The number of likely N-dealkylation sites (tertiary alicyclic amines) is 1. The molecule has 22 heavy (non-hydrogen) atoms. The second-order valence-corrected chi connectivity index (χ2v) is 8.04. The third-order valence-electron chi connectivity index (χ3n) is 3.96. The number of aryl methyl sites for hydroxylation is 1. The van der Waals surface area contributed by atoms with Gasteiger partial charge in [-0.25, -0.2) is 13.1 Å². The maximum absolute atomic E-state index is 12.0. The van der Waals surface area contributed by atoms with E-state index in [0.717, 1.165) is 5.56 Å². The van der Waals surface area contributed by atoms with Crippen LogP contribution in [0, 0.1) is 5.92 Å². The number of amides is 1. The number of carbonyl (C=O) groups excluding carboxylic acids is 1. The summed E-state index contributed by atoms with van der Waals surface area (Å²) in [4.78, 5) is 13.6. The number of carbonyl (C=O) groups is 1. The molecule has 0 bridgehead atoms. The second kappa shape index (κ2) is 7.24. The second-order valence-electron chi connectivity index (χ2n) is 6.11. The summed E-state index contributed by atoms with van der Waals surface area (Å²) in [5, 5.41) is 0. The molecular formula is C16H24N2O3S. The van der Waals surface area contributed by atoms with Crippen molar-refractivity contribution < 1.29 is 13.2 Å². The molecule has 0 spiro atoms. The van der Waals surface area contributed by atoms with Gasteiger partial charge in [0.15, 0.2) is 0 Å². The van der Waals surface area contributed by atoms with Gasteiger partial charge in [0.1, 0.15) is 0 Å². The van der Waals surface area contributed by atoms with Crippen molar-refractivity contribution in [3.05, 3.63) is 35.9 Å². The molecule has 5 nitrogen and oxygen atoms in total. The van der Waals surface area contributed by atoms with E-state index in [2.05, 4.69) is 4.72 Å². The van der Waals surface area contributed by atoms with Crippen LogP contribution < -0.4 is 4.72 Å². The van der Waals surface area contributed by atoms with Crippen molar-refractivity contribution in [3.8, 4) is 0 Å². The quantitative estimate of drug-likeness (QED) is 0.824. The Balaban J connectivity index is 1.79. The Bertz CT molecular complexity index is 599. The number of sulfonamides is 1. The molecule has 1 aliphatic heterocycles. The van der Waals surface area contributed by atoms with Crippen LogP contribution in [0.3, 0.4) is 0 Å². The Kier molecular flexibility index (Phi) is 5.58. The van der Waals surface area contributed by atoms with Crippen LogP contribution in [0.25, 0.3) is 0 Å². The molecule has 0 radical (unpaired) electrons. The highest BCUT2D eigenvalue weighted by Gasteiger charge is 2.31. The first kappa shape index (κ1) is 17.0. The normalized spacial score (nSPS) is 19.1. The SMILES string of the molecule is CC(C)N1CC(CNS(=O)(=O)CCc2ccccc2)CC1=O. The van der Waals surface area contributed by atoms with Crippen molar-refractivity contribution in [3.63, 3.8) is 0 Å². The molecule has 1 aliphatic rings. The summed E-state index contributed by atoms with van der Waals surface area (Å²) in [6.07, 6.45) is 0.928. The molecule has 2 rings (SSSR count). The number of nitrogens with one attached hydrogen (secondary N) is 1. The smallest absolute Gasteiger partial charge is 0.223 e. The van der Waals surface area contributed by atoms with Gasteiger partial charge in [0.2, 0.25) is 15.9 Å². The Morgan fingerprint density at radius 2 is 1.95 bits per heavy atom. The average molecular weight is 324 g/mol. The summed E-state index contributed by atoms with van der Waals surface area (Å²) < 4.78 is 26.7. The van der Waals surface area contributed by atoms with E-state index in [-0.39, 0.29) is 23.6 Å². The van der Waals surface area contributed by atoms with Gasteiger partial charge in [-0.05, 0) is 31.7 Å². The molecule has 6 heteroatoms. The highest BCUT2D eigenvalue weighted by Crippen LogP contribution is 2.19. The van der Waals surface area contributed by atoms with E-state index in [9.17, 15) is 13.2 Å². The lowest BCUT2D eigenvalue weighted by Gasteiger charge is -2.21. The van der Waals surface area contributed by atoms with Gasteiger partial charge in [0, 0.05) is 25.6 Å². The van der Waals surface area contributed by atoms with E-state index in [0.29, 0.717) is 25.9 Å². The first-order valence-electron chi connectivity index (χ1n) is 7.68. The molecule has 1 unspecified atom stereocenters. The van der Waals surface area contributed by atoms with E-state index >= 15 is 0 Å². The summed E-state index contributed by atoms with van der Waals surface area (Å²) in [5.74, 6) is 0.260. The van der Waals surface area contributed by atoms with E-state index in [1.165, 1.54) is 0 Å². The molecule has 0 aliphatic carbocycles. The minimum Gasteiger partial charge on any atom is -0.340 e. The summed E-state index contributed by atoms with van der Waals surface area (Å²) in [7, 11) is -3.30. The predicted octanol–water partition coefficient (Wildman–Crippen LogP) is 1.41. The van der Waals surface area contributed by atoms with Gasteiger partial charge in [0.25, 0.3) is 0 Å². The monoisotopic (exact) mass is 324 g/mol. The topological polar surface area (TPSA) is 66.5 Å². The molecular weight excluding hydrogens is 300 g/mol. The van der Waals surface area contributed by atoms with Gasteiger partial charge in [-0.1, -0.05) is 30.3 Å². The maximum atomic E-state index is 12.0. The van der Waals surface area contributed by atoms with Crippen LogP contribution in [-0.4, -0.2) is 44.1 Å². The van der Waals surface area contributed by atoms with E-state index in [4.69, 9.17) is 0 Å². The zero-order valence-corrected chi connectivity index (χ0v) is 14.0. The standard InChI is InChI=1S/C16H24N2O3S/c1-13(2)18-12-15(10-16(18)19)11-17-22(20,21)9-8-14-6-4-3-5-7-14/h3-7,13,15,17H,8-12H2,1-2H3. The third kappa shape index (κ3) is 4.81. The largest absolute Gasteiger partial charge is 0.340 e. The number of rotatable bonds is 7. The van der Waals surface area contributed by atoms with Crippen molar-refractivity contribution in [2.45, 2.75) is 32.7 Å². The van der Waals surface area contributed by atoms with Crippen LogP contribution in [-0.2, 0) is 21.2 Å². The van der Waals surface area contributed by atoms with Crippen molar-refractivity contribution in [1.29, 1.82) is 0 Å². The summed E-state index contributed by atoms with van der Waals surface area (Å²) in [6.45, 7) is 4.93. The molecule has 1 fully saturated rings. The molecule has 1 heterocycles. The molecule has 1 amide bonds. The molecule has 1 aromatic carbocycles. The van der Waals surface area contributed by atoms with Crippen LogP contribution in [0.4, 0.5) is 0 Å². The van der Waals surface area contributed by atoms with Crippen molar-refractivity contribution in [1.82, 2.24) is 9.62 Å². The molecule has 122 valence electrons. The van der Waals surface area contributed by atoms with Crippen LogP contribution in [0.2, 0.25) is 0 Å². The third-order valence-corrected chi connectivity index (χ3v) is 5.30. The number of hydrogen-bond acceptors (Lipinski definition) is 3. The molecule has 1 N–H and O–H groups in total. The minimum absolute atomic E-state index is 0.0707. The Morgan fingerprint density at radius 3 is 2.55 bits per heavy atom. The van der Waals surface area contributed by atoms with Gasteiger partial charge < -0.3 is 4.90 Å². The molecule has 1 atom stereocenters. The van der Waals surface area contributed by atoms with Crippen molar-refractivity contribution in [2.24, 2.45) is 5.92 Å². The van der Waals surface area contributed by atoms with Crippen molar-refractivity contribution in [2.75, 3.05) is 18.8 Å². The maximum Gasteiger partial charge on any atom is 0.223 e. The van der Waals surface area contributed by atoms with Crippen molar-refractivity contribution >= 4 is 15.9 Å². The summed E-state index contributed by atoms with van der Waals surface area (Å²) in [6, 6.07) is 9.73. The van der Waals surface area contributed by atoms with Gasteiger partial charge >= 0.3 is 0 Å². The average Bonchev–Trinajstić information content (AvgIpc) is 2.86. The van der Waals surface area contributed by atoms with Crippen LogP contribution >= 0.6 is 0 Å². The van der Waals surface area contributed by atoms with Gasteiger partial charge in [-0.3, -0.25) is 4.79 Å². The lowest BCUT2D eigenvalue weighted by Crippen LogP contribution is -2.35. The van der Waals surface area contributed by atoms with Gasteiger partial charge in [-0.2, -0.15) is 0 Å². The van der Waals surface area contributed by atoms with Crippen LogP contribution in [0.15, 0.2) is 30.3 Å². The Labute approximate surface area is 132 Å². The zero-order chi connectivity index (χ0) is 16.2. The Morgan fingerprint density at radius 1 is 1.27 bits per heavy atom. The predicted molar refractivity (Wildman–Crippen MR) is 86.9 cm³/mol. The van der Waals surface area contributed by atoms with Gasteiger partial charge in [-0.15, -0.1) is 0 Å². The lowest BCUT2D eigenvalue weighted by atomic mass is 10.1. The molecule has 1 aromatic rings. The lowest BCUT2D eigenvalue weighted by molar-refractivity contribution is -0.129. The number of benzene rings is 1. The minimum atomic E-state index is -3.30. The van der Waals surface area contributed by atoms with Crippen LogP contribution in [0.1, 0.15) is 25.8 Å². The number of nitrogens with zero attached hydrogens (tertiary/aromatic N) is 1. The fraction of sp³-hybridized carbons (Fsp3) is 0.562. The van der Waals surface area contributed by atoms with E-state index in [1.807, 2.05) is 49.1 Å². The Hall–Kier alpha value is -1.40. The number of hydrogen-bond donors (Lipinski definition) is 1. The fourth-order valence-corrected chi connectivity index (χ4v) is 3.80. The van der Waals surface area contributed by atoms with E-state index in [1.54, 1.807) is 0 Å². The molecule has 0 saturated carbocycles. The molecule has 1 saturated heterocycles. The summed E-state index contributed by atoms with van der Waals surface area (Å²) >= 11 is 0. The first-order valence-corrected chi connectivity index (χ1v) is 9.33. The summed E-state index contributed by atoms with van der Waals surface area (Å²) in [5.41, 5.74) is 1.01. The van der Waals surface area contributed by atoms with E-state index < -0.39 is 10.0 Å². The zero-order valence-electron chi connectivity index (χ0n) is 13.2. The first-order chi connectivity index (χ1) is 10.4. The van der Waals surface area contributed by atoms with Gasteiger partial charge in [0.05, 0.1) is 5.75 Å². The highest BCUT2D eigenvalue weighted by molar-refractivity contribution is 7.89. The van der Waals surface area contributed by atoms with Crippen LogP contribution in [0.5, 0.6) is 0 Å². The highest BCUT2D eigenvalue weighted by atomic mass is 32.2. The fourth-order valence-electron chi connectivity index (χ4n) is 2.66. The molecule has 0 aromatic heterocycles.